The number of unbranched alkanes of at least 4 members (excludes halogenated alkanes) is 9. The summed E-state index contributed by atoms with van der Waals surface area (Å²) in [7, 11) is -3.98. The number of rotatable bonds is 11. The van der Waals surface area contributed by atoms with Gasteiger partial charge in [-0.2, -0.15) is 0 Å². The van der Waals surface area contributed by atoms with Crippen LogP contribution in [0, 0.1) is 0 Å². The number of hydrogen-bond donors (Lipinski definition) is 0. The molecule has 106 valence electrons. The van der Waals surface area contributed by atoms with E-state index in [0.717, 1.165) is 12.8 Å². The predicted molar refractivity (Wildman–Crippen MR) is 68.9 cm³/mol. The molecule has 0 atom stereocenters. The van der Waals surface area contributed by atoms with Crippen LogP contribution in [-0.2, 0) is 10.1 Å². The van der Waals surface area contributed by atoms with E-state index in [9.17, 15) is 13.0 Å². The van der Waals surface area contributed by atoms with Gasteiger partial charge in [-0.25, -0.2) is 8.42 Å². The Bertz CT molecular complexity index is 246. The van der Waals surface area contributed by atoms with Gasteiger partial charge in [0.05, 0.1) is 10.1 Å². The van der Waals surface area contributed by atoms with Gasteiger partial charge in [-0.05, 0) is 6.42 Å². The topological polar surface area (TPSA) is 57.2 Å². The summed E-state index contributed by atoms with van der Waals surface area (Å²) >= 11 is 0. The molecule has 0 aromatic carbocycles. The van der Waals surface area contributed by atoms with Crippen LogP contribution >= 0.6 is 0 Å². The molecule has 6 heteroatoms. The molecule has 18 heavy (non-hydrogen) atoms. The van der Waals surface area contributed by atoms with Crippen molar-refractivity contribution in [3.63, 3.8) is 0 Å². The first-order chi connectivity index (χ1) is 7.56. The van der Waals surface area contributed by atoms with Crippen molar-refractivity contribution in [2.75, 3.05) is 5.75 Å². The molecule has 0 aromatic heterocycles. The van der Waals surface area contributed by atoms with Crippen molar-refractivity contribution >= 4 is 10.1 Å². The van der Waals surface area contributed by atoms with E-state index >= 15 is 0 Å². The van der Waals surface area contributed by atoms with E-state index in [-0.39, 0.29) is 61.8 Å². The fourth-order valence-corrected chi connectivity index (χ4v) is 2.32. The molecule has 0 aliphatic carbocycles. The van der Waals surface area contributed by atoms with Gasteiger partial charge in [-0.1, -0.05) is 64.7 Å². The fraction of sp³-hybridized carbons (Fsp3) is 1.00. The summed E-state index contributed by atoms with van der Waals surface area (Å²) in [4.78, 5) is 0. The molecule has 0 fully saturated rings. The average molecular weight is 308 g/mol. The fourth-order valence-electron chi connectivity index (χ4n) is 1.77. The van der Waals surface area contributed by atoms with E-state index in [4.69, 9.17) is 0 Å². The maximum Gasteiger partial charge on any atom is 1.00 e. The van der Waals surface area contributed by atoms with Crippen LogP contribution in [0.5, 0.6) is 0 Å². The first-order valence-electron chi connectivity index (χ1n) is 6.50. The van der Waals surface area contributed by atoms with Crippen molar-refractivity contribution < 1.29 is 69.1 Å². The second-order valence-electron chi connectivity index (χ2n) is 4.44. The summed E-state index contributed by atoms with van der Waals surface area (Å²) in [5.74, 6) is -0.191. The molecule has 0 heterocycles. The molecule has 0 aliphatic heterocycles. The van der Waals surface area contributed by atoms with Gasteiger partial charge in [-0.15, -0.1) is 0 Å². The van der Waals surface area contributed by atoms with Gasteiger partial charge >= 0.3 is 51.4 Å². The molecule has 0 aliphatic rings. The summed E-state index contributed by atoms with van der Waals surface area (Å²) < 4.78 is 30.9. The third-order valence-electron chi connectivity index (χ3n) is 2.75. The summed E-state index contributed by atoms with van der Waals surface area (Å²) in [5, 5.41) is 0. The molecule has 0 saturated heterocycles. The number of hydrogen-bond acceptors (Lipinski definition) is 3. The third kappa shape index (κ3) is 22.6. The molecule has 0 aromatic rings. The summed E-state index contributed by atoms with van der Waals surface area (Å²) in [5.41, 5.74) is 0. The van der Waals surface area contributed by atoms with Gasteiger partial charge < -0.3 is 4.55 Å². The minimum atomic E-state index is -3.98. The zero-order valence-electron chi connectivity index (χ0n) is 11.8. The van der Waals surface area contributed by atoms with Crippen LogP contribution in [0.1, 0.15) is 71.1 Å². The molecule has 0 amide bonds. The zero-order valence-corrected chi connectivity index (χ0v) is 15.8. The monoisotopic (exact) mass is 308 g/mol. The molecule has 0 bridgehead atoms. The van der Waals surface area contributed by atoms with Crippen molar-refractivity contribution in [1.82, 2.24) is 0 Å². The van der Waals surface area contributed by atoms with Crippen molar-refractivity contribution in [3.8, 4) is 0 Å². The smallest absolute Gasteiger partial charge is 0.748 e. The van der Waals surface area contributed by atoms with Gasteiger partial charge in [-0.3, -0.25) is 4.70 Å². The molecular weight excluding hydrogens is 282 g/mol. The van der Waals surface area contributed by atoms with Gasteiger partial charge in [0.2, 0.25) is 0 Å². The van der Waals surface area contributed by atoms with Gasteiger partial charge in [0.25, 0.3) is 0 Å². The zero-order chi connectivity index (χ0) is 12.3. The van der Waals surface area contributed by atoms with Gasteiger partial charge in [0.15, 0.2) is 0 Å². The number of halogens is 1. The molecule has 0 radical (unpaired) electrons. The molecular formula is C12H26FKO3S. The van der Waals surface area contributed by atoms with Crippen LogP contribution in [0.3, 0.4) is 0 Å². The molecule has 0 N–H and O–H groups in total. The maximum atomic E-state index is 10.3. The average Bonchev–Trinajstić information content (AvgIpc) is 2.19. The Kier molecular flexibility index (Phi) is 22.5. The molecule has 0 spiro atoms. The van der Waals surface area contributed by atoms with E-state index in [1.165, 1.54) is 44.9 Å². The van der Waals surface area contributed by atoms with E-state index in [1.54, 1.807) is 0 Å². The standard InChI is InChI=1S/C12H26O3S.FH.K/c1-2-3-4-5-6-7-8-9-10-11-12-16(13,14)15;;/h2-12H2,1H3,(H,13,14,15);1H;/q;;+1/p-1. The molecule has 0 saturated carbocycles. The predicted octanol–water partition coefficient (Wildman–Crippen LogP) is 0.609. The molecule has 3 nitrogen and oxygen atoms in total. The quantitative estimate of drug-likeness (QED) is 0.319. The third-order valence-corrected chi connectivity index (χ3v) is 3.54. The Labute approximate surface area is 154 Å². The molecule has 0 unspecified atom stereocenters. The Balaban J connectivity index is -0.00000112. The minimum absolute atomic E-state index is 0. The Morgan fingerprint density at radius 2 is 1.11 bits per heavy atom. The largest absolute Gasteiger partial charge is 1.00 e. The molecule has 0 rings (SSSR count). The summed E-state index contributed by atoms with van der Waals surface area (Å²) in [6.07, 6.45) is 11.4. The SMILES string of the molecule is CCCCCCCCCCCCS(=O)(=O)[O-].F.[K+]. The van der Waals surface area contributed by atoms with Gasteiger partial charge in [0.1, 0.15) is 0 Å². The van der Waals surface area contributed by atoms with Crippen LogP contribution in [0.15, 0.2) is 0 Å². The Morgan fingerprint density at radius 3 is 1.44 bits per heavy atom. The Hall–Kier alpha value is 1.48. The van der Waals surface area contributed by atoms with Crippen LogP contribution in [0.4, 0.5) is 4.70 Å². The van der Waals surface area contributed by atoms with E-state index in [0.29, 0.717) is 6.42 Å². The van der Waals surface area contributed by atoms with Crippen molar-refractivity contribution in [2.45, 2.75) is 71.1 Å². The second-order valence-corrected chi connectivity index (χ2v) is 5.97. The van der Waals surface area contributed by atoms with Crippen molar-refractivity contribution in [1.29, 1.82) is 0 Å². The normalized spacial score (nSPS) is 10.6. The van der Waals surface area contributed by atoms with E-state index < -0.39 is 10.1 Å². The summed E-state index contributed by atoms with van der Waals surface area (Å²) in [6, 6.07) is 0. The van der Waals surface area contributed by atoms with Gasteiger partial charge in [0, 0.05) is 5.75 Å². The van der Waals surface area contributed by atoms with Crippen LogP contribution in [0.2, 0.25) is 0 Å². The first-order valence-corrected chi connectivity index (χ1v) is 8.07. The first kappa shape index (κ1) is 24.5. The maximum absolute atomic E-state index is 10.3. The van der Waals surface area contributed by atoms with E-state index in [1.807, 2.05) is 0 Å². The summed E-state index contributed by atoms with van der Waals surface area (Å²) in [6.45, 7) is 2.21. The Morgan fingerprint density at radius 1 is 0.778 bits per heavy atom. The van der Waals surface area contributed by atoms with E-state index in [2.05, 4.69) is 6.92 Å². The van der Waals surface area contributed by atoms with Crippen molar-refractivity contribution in [2.24, 2.45) is 0 Å². The second kappa shape index (κ2) is 16.5. The van der Waals surface area contributed by atoms with Crippen LogP contribution in [-0.4, -0.2) is 18.7 Å². The van der Waals surface area contributed by atoms with Crippen molar-refractivity contribution in [3.05, 3.63) is 0 Å². The van der Waals surface area contributed by atoms with Crippen LogP contribution < -0.4 is 51.4 Å². The minimum Gasteiger partial charge on any atom is -0.748 e. The van der Waals surface area contributed by atoms with Crippen LogP contribution in [0.25, 0.3) is 0 Å².